The summed E-state index contributed by atoms with van der Waals surface area (Å²) in [7, 11) is 1.95. The minimum absolute atomic E-state index is 0.00602. The van der Waals surface area contributed by atoms with E-state index in [1.807, 2.05) is 58.1 Å². The van der Waals surface area contributed by atoms with Crippen molar-refractivity contribution < 1.29 is 9.59 Å². The molecule has 146 valence electrons. The molecule has 0 fully saturated rings. The summed E-state index contributed by atoms with van der Waals surface area (Å²) in [6, 6.07) is 7.38. The van der Waals surface area contributed by atoms with Crippen LogP contribution < -0.4 is 0 Å². The second kappa shape index (κ2) is 6.73. The predicted molar refractivity (Wildman–Crippen MR) is 108 cm³/mol. The number of H-pyrrole nitrogens is 1. The van der Waals surface area contributed by atoms with Crippen molar-refractivity contribution >= 4 is 28.9 Å². The maximum atomic E-state index is 13.0. The fourth-order valence-electron chi connectivity index (χ4n) is 3.99. The summed E-state index contributed by atoms with van der Waals surface area (Å²) in [4.78, 5) is 29.1. The van der Waals surface area contributed by atoms with Gasteiger partial charge in [-0.05, 0) is 41.0 Å². The van der Waals surface area contributed by atoms with Gasteiger partial charge in [-0.25, -0.2) is 0 Å². The number of aryl methyl sites for hydroxylation is 1. The Labute approximate surface area is 167 Å². The van der Waals surface area contributed by atoms with Crippen LogP contribution in [0.3, 0.4) is 0 Å². The SMILES string of the molecule is Cn1ccc(/C=C/C(=O)N2CC3=C(C2)CN(C(=O)c2cccc4n[nH]nc24)C3)c1. The van der Waals surface area contributed by atoms with E-state index in [0.717, 1.165) is 16.7 Å². The van der Waals surface area contributed by atoms with Crippen molar-refractivity contribution in [1.82, 2.24) is 29.8 Å². The molecule has 0 atom stereocenters. The fraction of sp³-hybridized carbons (Fsp3) is 0.238. The van der Waals surface area contributed by atoms with Crippen LogP contribution in [0.15, 0.2) is 53.9 Å². The Balaban J connectivity index is 1.23. The number of amides is 2. The summed E-state index contributed by atoms with van der Waals surface area (Å²) in [6.45, 7) is 2.25. The van der Waals surface area contributed by atoms with E-state index in [4.69, 9.17) is 0 Å². The number of carbonyl (C=O) groups is 2. The third kappa shape index (κ3) is 3.12. The average Bonchev–Trinajstić information content (AvgIpc) is 3.47. The largest absolute Gasteiger partial charge is 0.357 e. The molecule has 0 unspecified atom stereocenters. The molecule has 0 saturated heterocycles. The van der Waals surface area contributed by atoms with Gasteiger partial charge in [0.05, 0.1) is 5.56 Å². The molecule has 0 saturated carbocycles. The monoisotopic (exact) mass is 388 g/mol. The lowest BCUT2D eigenvalue weighted by Crippen LogP contribution is -2.35. The number of rotatable bonds is 3. The molecular formula is C21H20N6O2. The highest BCUT2D eigenvalue weighted by atomic mass is 16.2. The maximum absolute atomic E-state index is 13.0. The molecule has 4 heterocycles. The molecule has 29 heavy (non-hydrogen) atoms. The van der Waals surface area contributed by atoms with Crippen LogP contribution in [0.2, 0.25) is 0 Å². The molecular weight excluding hydrogens is 368 g/mol. The van der Waals surface area contributed by atoms with Gasteiger partial charge in [0.15, 0.2) is 0 Å². The van der Waals surface area contributed by atoms with Crippen LogP contribution in [0.4, 0.5) is 0 Å². The van der Waals surface area contributed by atoms with E-state index in [1.54, 1.807) is 12.1 Å². The van der Waals surface area contributed by atoms with Gasteiger partial charge in [0.2, 0.25) is 5.91 Å². The van der Waals surface area contributed by atoms with Gasteiger partial charge in [-0.2, -0.15) is 15.4 Å². The molecule has 3 aromatic rings. The lowest BCUT2D eigenvalue weighted by atomic mass is 10.1. The van der Waals surface area contributed by atoms with E-state index in [0.29, 0.717) is 42.8 Å². The number of hydrogen-bond acceptors (Lipinski definition) is 4. The Morgan fingerprint density at radius 1 is 1.03 bits per heavy atom. The summed E-state index contributed by atoms with van der Waals surface area (Å²) < 4.78 is 1.95. The van der Waals surface area contributed by atoms with E-state index in [2.05, 4.69) is 15.4 Å². The van der Waals surface area contributed by atoms with E-state index in [1.165, 1.54) is 0 Å². The summed E-state index contributed by atoms with van der Waals surface area (Å²) >= 11 is 0. The maximum Gasteiger partial charge on any atom is 0.256 e. The lowest BCUT2D eigenvalue weighted by molar-refractivity contribution is -0.124. The molecule has 1 N–H and O–H groups in total. The molecule has 2 aromatic heterocycles. The lowest BCUT2D eigenvalue weighted by Gasteiger charge is -2.22. The highest BCUT2D eigenvalue weighted by Gasteiger charge is 2.34. The summed E-state index contributed by atoms with van der Waals surface area (Å²) in [6.07, 6.45) is 7.36. The molecule has 8 heteroatoms. The van der Waals surface area contributed by atoms with Crippen molar-refractivity contribution in [1.29, 1.82) is 0 Å². The Morgan fingerprint density at radius 3 is 2.52 bits per heavy atom. The quantitative estimate of drug-likeness (QED) is 0.545. The summed E-state index contributed by atoms with van der Waals surface area (Å²) in [5, 5.41) is 10.7. The van der Waals surface area contributed by atoms with Gasteiger partial charge in [0.25, 0.3) is 5.91 Å². The van der Waals surface area contributed by atoms with Crippen molar-refractivity contribution in [2.75, 3.05) is 26.2 Å². The number of para-hydroxylation sites is 1. The van der Waals surface area contributed by atoms with Gasteiger partial charge in [0, 0.05) is 51.7 Å². The molecule has 0 spiro atoms. The van der Waals surface area contributed by atoms with Crippen LogP contribution in [0, 0.1) is 0 Å². The van der Waals surface area contributed by atoms with Crippen molar-refractivity contribution in [2.45, 2.75) is 0 Å². The van der Waals surface area contributed by atoms with Gasteiger partial charge < -0.3 is 14.4 Å². The van der Waals surface area contributed by atoms with Crippen molar-refractivity contribution in [3.05, 3.63) is 65.0 Å². The first-order valence-electron chi connectivity index (χ1n) is 9.46. The van der Waals surface area contributed by atoms with Gasteiger partial charge in [-0.15, -0.1) is 0 Å². The molecule has 0 aliphatic carbocycles. The van der Waals surface area contributed by atoms with Gasteiger partial charge in [-0.3, -0.25) is 9.59 Å². The van der Waals surface area contributed by atoms with Crippen LogP contribution in [0.1, 0.15) is 15.9 Å². The normalized spacial score (nSPS) is 16.4. The third-order valence-electron chi connectivity index (χ3n) is 5.48. The topological polar surface area (TPSA) is 87.1 Å². The molecule has 5 rings (SSSR count). The highest BCUT2D eigenvalue weighted by molar-refractivity contribution is 6.05. The number of nitrogens with one attached hydrogen (secondary N) is 1. The van der Waals surface area contributed by atoms with Crippen LogP contribution >= 0.6 is 0 Å². The fourth-order valence-corrected chi connectivity index (χ4v) is 3.99. The second-order valence-electron chi connectivity index (χ2n) is 7.50. The number of aromatic amines is 1. The number of hydrogen-bond donors (Lipinski definition) is 1. The zero-order chi connectivity index (χ0) is 20.0. The smallest absolute Gasteiger partial charge is 0.256 e. The minimum atomic E-state index is -0.0549. The number of aromatic nitrogens is 4. The molecule has 0 radical (unpaired) electrons. The van der Waals surface area contributed by atoms with E-state index < -0.39 is 0 Å². The second-order valence-corrected chi connectivity index (χ2v) is 7.50. The Bertz CT molecular complexity index is 1170. The molecule has 2 aliphatic heterocycles. The summed E-state index contributed by atoms with van der Waals surface area (Å²) in [5.41, 5.74) is 5.14. The molecule has 2 aliphatic rings. The van der Waals surface area contributed by atoms with Gasteiger partial charge in [-0.1, -0.05) is 6.07 Å². The number of benzene rings is 1. The predicted octanol–water partition coefficient (Wildman–Crippen LogP) is 1.60. The average molecular weight is 388 g/mol. The standard InChI is InChI=1S/C21H20N6O2/c1-25-8-7-14(9-25)5-6-19(28)26-10-15-12-27(13-16(15)11-26)21(29)17-3-2-4-18-20(17)23-24-22-18/h2-9H,10-13H2,1H3,(H,22,23,24)/b6-5+. The van der Waals surface area contributed by atoms with Crippen LogP contribution in [-0.4, -0.2) is 67.8 Å². The van der Waals surface area contributed by atoms with Crippen molar-refractivity contribution in [3.8, 4) is 0 Å². The van der Waals surface area contributed by atoms with Crippen LogP contribution in [0.5, 0.6) is 0 Å². The zero-order valence-electron chi connectivity index (χ0n) is 16.0. The zero-order valence-corrected chi connectivity index (χ0v) is 16.0. The van der Waals surface area contributed by atoms with Crippen LogP contribution in [-0.2, 0) is 11.8 Å². The number of nitrogens with zero attached hydrogens (tertiary/aromatic N) is 5. The first kappa shape index (κ1) is 17.4. The Kier molecular flexibility index (Phi) is 4.04. The van der Waals surface area contributed by atoms with E-state index >= 15 is 0 Å². The van der Waals surface area contributed by atoms with E-state index in [9.17, 15) is 9.59 Å². The van der Waals surface area contributed by atoms with Gasteiger partial charge in [0.1, 0.15) is 11.0 Å². The number of carbonyl (C=O) groups excluding carboxylic acids is 2. The minimum Gasteiger partial charge on any atom is -0.357 e. The first-order chi connectivity index (χ1) is 14.1. The molecule has 2 amide bonds. The van der Waals surface area contributed by atoms with Crippen molar-refractivity contribution in [2.24, 2.45) is 7.05 Å². The summed E-state index contributed by atoms with van der Waals surface area (Å²) in [5.74, 6) is -0.0609. The Hall–Kier alpha value is -3.68. The number of fused-ring (bicyclic) bond motifs is 1. The first-order valence-corrected chi connectivity index (χ1v) is 9.46. The van der Waals surface area contributed by atoms with Crippen LogP contribution in [0.25, 0.3) is 17.1 Å². The molecule has 0 bridgehead atoms. The van der Waals surface area contributed by atoms with E-state index in [-0.39, 0.29) is 11.8 Å². The Morgan fingerprint density at radius 2 is 1.79 bits per heavy atom. The molecule has 1 aromatic carbocycles. The van der Waals surface area contributed by atoms with Crippen molar-refractivity contribution in [3.63, 3.8) is 0 Å². The highest BCUT2D eigenvalue weighted by Crippen LogP contribution is 2.28. The third-order valence-corrected chi connectivity index (χ3v) is 5.48. The van der Waals surface area contributed by atoms with Gasteiger partial charge >= 0.3 is 0 Å². The molecule has 8 nitrogen and oxygen atoms in total.